The predicted octanol–water partition coefficient (Wildman–Crippen LogP) is 9.48. The Morgan fingerprint density at radius 2 is 1.14 bits per heavy atom. The Morgan fingerprint density at radius 1 is 0.595 bits per heavy atom. The lowest BCUT2D eigenvalue weighted by molar-refractivity contribution is 0.133. The number of rotatable bonds is 4. The summed E-state index contributed by atoms with van der Waals surface area (Å²) in [7, 11) is 0. The van der Waals surface area contributed by atoms with Crippen molar-refractivity contribution in [2.75, 3.05) is 9.80 Å². The van der Waals surface area contributed by atoms with Crippen molar-refractivity contribution in [3.63, 3.8) is 0 Å². The fourth-order valence-electron chi connectivity index (χ4n) is 9.77. The van der Waals surface area contributed by atoms with Crippen LogP contribution in [0.5, 0.6) is 0 Å². The van der Waals surface area contributed by atoms with Crippen LogP contribution in [0.1, 0.15) is 108 Å². The largest absolute Gasteiger partial charge is 0.322 e. The molecule has 0 radical (unpaired) electrons. The van der Waals surface area contributed by atoms with E-state index in [0.29, 0.717) is 6.17 Å². The minimum Gasteiger partial charge on any atom is -0.322 e. The van der Waals surface area contributed by atoms with Crippen LogP contribution in [0.2, 0.25) is 0 Å². The van der Waals surface area contributed by atoms with Gasteiger partial charge in [-0.3, -0.25) is 0 Å². The maximum absolute atomic E-state index is 2.94. The standard InChI is InChI=1S/C35H46N2/c1-25-15-9-13-23-31(25)36-26(2)33-35(28-18-5-3-6-19-28,29-20-7-4-8-21-29)30-22-12-14-24-32(30)37(33)34(36)27-16-10-11-17-27/h9,12-15,22-24,27-29,34H,3-8,10-11,16-21H2,1-2H3. The number of nitrogens with zero attached hydrogens (tertiary/aromatic N) is 2. The second-order valence-electron chi connectivity index (χ2n) is 13.0. The molecule has 3 aliphatic carbocycles. The zero-order valence-corrected chi connectivity index (χ0v) is 23.2. The van der Waals surface area contributed by atoms with Crippen LogP contribution >= 0.6 is 0 Å². The Morgan fingerprint density at radius 3 is 1.76 bits per heavy atom. The second kappa shape index (κ2) is 9.51. The maximum atomic E-state index is 2.94. The van der Waals surface area contributed by atoms with Crippen LogP contribution in [-0.4, -0.2) is 6.17 Å². The summed E-state index contributed by atoms with van der Waals surface area (Å²) in [5, 5.41) is 0. The summed E-state index contributed by atoms with van der Waals surface area (Å²) in [6, 6.07) is 19.0. The first-order valence-corrected chi connectivity index (χ1v) is 15.7. The van der Waals surface area contributed by atoms with E-state index in [-0.39, 0.29) is 5.41 Å². The Kier molecular flexibility index (Phi) is 6.13. The second-order valence-corrected chi connectivity index (χ2v) is 13.0. The first-order valence-electron chi connectivity index (χ1n) is 15.7. The first-order chi connectivity index (χ1) is 18.2. The fraction of sp³-hybridized carbons (Fsp3) is 0.600. The Bertz CT molecular complexity index is 1140. The average Bonchev–Trinajstić information content (AvgIpc) is 3.65. The summed E-state index contributed by atoms with van der Waals surface area (Å²) in [6.45, 7) is 4.84. The molecular weight excluding hydrogens is 448 g/mol. The highest BCUT2D eigenvalue weighted by molar-refractivity contribution is 5.79. The molecular formula is C35H46N2. The molecule has 2 aromatic carbocycles. The molecule has 3 saturated carbocycles. The highest BCUT2D eigenvalue weighted by Crippen LogP contribution is 2.65. The number of allylic oxidation sites excluding steroid dienone is 2. The molecule has 1 atom stereocenters. The molecule has 0 saturated heterocycles. The summed E-state index contributed by atoms with van der Waals surface area (Å²) in [6.07, 6.45) is 20.1. The zero-order valence-electron chi connectivity index (χ0n) is 23.2. The molecule has 0 amide bonds. The molecule has 1 unspecified atom stereocenters. The number of para-hydroxylation sites is 2. The monoisotopic (exact) mass is 494 g/mol. The van der Waals surface area contributed by atoms with Crippen molar-refractivity contribution in [2.45, 2.75) is 115 Å². The van der Waals surface area contributed by atoms with E-state index < -0.39 is 0 Å². The molecule has 196 valence electrons. The van der Waals surface area contributed by atoms with E-state index in [1.54, 1.807) is 22.6 Å². The van der Waals surface area contributed by atoms with Gasteiger partial charge in [0.05, 0.1) is 5.70 Å². The Hall–Kier alpha value is -2.22. The molecule has 2 aliphatic heterocycles. The van der Waals surface area contributed by atoms with Gasteiger partial charge in [-0.2, -0.15) is 0 Å². The normalized spacial score (nSPS) is 26.7. The van der Waals surface area contributed by atoms with E-state index in [4.69, 9.17) is 0 Å². The smallest absolute Gasteiger partial charge is 0.113 e. The molecule has 37 heavy (non-hydrogen) atoms. The summed E-state index contributed by atoms with van der Waals surface area (Å²) in [4.78, 5) is 5.77. The van der Waals surface area contributed by atoms with E-state index in [1.165, 1.54) is 101 Å². The van der Waals surface area contributed by atoms with Crippen LogP contribution in [0.4, 0.5) is 11.4 Å². The zero-order chi connectivity index (χ0) is 25.0. The molecule has 5 aliphatic rings. The van der Waals surface area contributed by atoms with Gasteiger partial charge in [0, 0.05) is 22.5 Å². The van der Waals surface area contributed by atoms with Crippen molar-refractivity contribution >= 4 is 11.4 Å². The summed E-state index contributed by atoms with van der Waals surface area (Å²) in [5.41, 5.74) is 9.61. The minimum absolute atomic E-state index is 0.190. The van der Waals surface area contributed by atoms with Crippen LogP contribution in [0, 0.1) is 24.7 Å². The van der Waals surface area contributed by atoms with Gasteiger partial charge in [-0.05, 0) is 93.4 Å². The number of hydrogen-bond donors (Lipinski definition) is 0. The molecule has 2 aromatic rings. The van der Waals surface area contributed by atoms with Crippen LogP contribution in [0.25, 0.3) is 0 Å². The number of fused-ring (bicyclic) bond motifs is 3. The summed E-state index contributed by atoms with van der Waals surface area (Å²) >= 11 is 0. The molecule has 0 N–H and O–H groups in total. The molecule has 2 heteroatoms. The molecule has 0 aromatic heterocycles. The van der Waals surface area contributed by atoms with Crippen molar-refractivity contribution in [1.82, 2.24) is 0 Å². The van der Waals surface area contributed by atoms with Crippen LogP contribution in [0.15, 0.2) is 59.9 Å². The van der Waals surface area contributed by atoms with Crippen molar-refractivity contribution in [2.24, 2.45) is 17.8 Å². The number of hydrogen-bond acceptors (Lipinski definition) is 2. The quantitative estimate of drug-likeness (QED) is 0.417. The maximum Gasteiger partial charge on any atom is 0.113 e. The Labute approximate surface area is 225 Å². The molecule has 2 heterocycles. The highest BCUT2D eigenvalue weighted by atomic mass is 15.4. The number of benzene rings is 2. The minimum atomic E-state index is 0.190. The number of anilines is 2. The van der Waals surface area contributed by atoms with Gasteiger partial charge in [-0.15, -0.1) is 0 Å². The van der Waals surface area contributed by atoms with Gasteiger partial charge in [0.25, 0.3) is 0 Å². The molecule has 7 rings (SSSR count). The van der Waals surface area contributed by atoms with E-state index in [9.17, 15) is 0 Å². The lowest BCUT2D eigenvalue weighted by Crippen LogP contribution is -2.48. The third-order valence-corrected chi connectivity index (χ3v) is 11.2. The fourth-order valence-corrected chi connectivity index (χ4v) is 9.77. The van der Waals surface area contributed by atoms with Gasteiger partial charge in [-0.25, -0.2) is 0 Å². The van der Waals surface area contributed by atoms with Gasteiger partial charge in [-0.1, -0.05) is 87.8 Å². The molecule has 0 bridgehead atoms. The average molecular weight is 495 g/mol. The van der Waals surface area contributed by atoms with E-state index >= 15 is 0 Å². The third kappa shape index (κ3) is 3.50. The Balaban J connectivity index is 1.49. The molecule has 3 fully saturated rings. The third-order valence-electron chi connectivity index (χ3n) is 11.2. The lowest BCUT2D eigenvalue weighted by atomic mass is 9.55. The van der Waals surface area contributed by atoms with Crippen molar-refractivity contribution in [3.05, 3.63) is 71.1 Å². The topological polar surface area (TPSA) is 6.48 Å². The van der Waals surface area contributed by atoms with Gasteiger partial charge < -0.3 is 9.80 Å². The van der Waals surface area contributed by atoms with Gasteiger partial charge in [0.15, 0.2) is 0 Å². The lowest BCUT2D eigenvalue weighted by Gasteiger charge is -2.48. The predicted molar refractivity (Wildman–Crippen MR) is 156 cm³/mol. The van der Waals surface area contributed by atoms with Crippen LogP contribution in [0.3, 0.4) is 0 Å². The van der Waals surface area contributed by atoms with Gasteiger partial charge in [0.1, 0.15) is 6.17 Å². The SMILES string of the molecule is CC1=C2N(c3ccccc3C2(C2CCCCC2)C2CCCCC2)C(C2CCCC2)N1c1ccccc1C. The highest BCUT2D eigenvalue weighted by Gasteiger charge is 2.61. The van der Waals surface area contributed by atoms with E-state index in [0.717, 1.165) is 17.8 Å². The molecule has 2 nitrogen and oxygen atoms in total. The first kappa shape index (κ1) is 23.9. The van der Waals surface area contributed by atoms with Crippen LogP contribution < -0.4 is 9.80 Å². The van der Waals surface area contributed by atoms with Crippen LogP contribution in [-0.2, 0) is 5.41 Å². The summed E-state index contributed by atoms with van der Waals surface area (Å²) in [5.74, 6) is 2.29. The van der Waals surface area contributed by atoms with Crippen molar-refractivity contribution in [1.29, 1.82) is 0 Å². The van der Waals surface area contributed by atoms with Gasteiger partial charge in [0.2, 0.25) is 0 Å². The van der Waals surface area contributed by atoms with E-state index in [2.05, 4.69) is 72.2 Å². The number of aryl methyl sites for hydroxylation is 1. The van der Waals surface area contributed by atoms with Crippen molar-refractivity contribution in [3.8, 4) is 0 Å². The summed E-state index contributed by atoms with van der Waals surface area (Å²) < 4.78 is 0. The van der Waals surface area contributed by atoms with E-state index in [1.807, 2.05) is 0 Å². The van der Waals surface area contributed by atoms with Gasteiger partial charge >= 0.3 is 0 Å². The van der Waals surface area contributed by atoms with Crippen molar-refractivity contribution < 1.29 is 0 Å². The molecule has 0 spiro atoms.